The second-order valence-electron chi connectivity index (χ2n) is 7.30. The van der Waals surface area contributed by atoms with E-state index in [2.05, 4.69) is 32.7 Å². The number of aromatic nitrogens is 3. The van der Waals surface area contributed by atoms with E-state index in [0.717, 1.165) is 37.9 Å². The monoisotopic (exact) mass is 377 g/mol. The molecule has 0 radical (unpaired) electrons. The molecule has 2 aromatic rings. The molecule has 1 fully saturated rings. The van der Waals surface area contributed by atoms with Crippen LogP contribution in [0.5, 0.6) is 0 Å². The molecule has 0 saturated heterocycles. The first-order valence-corrected chi connectivity index (χ1v) is 10.1. The van der Waals surface area contributed by atoms with E-state index < -0.39 is 0 Å². The normalized spacial score (nSPS) is 17.8. The van der Waals surface area contributed by atoms with Crippen molar-refractivity contribution in [3.63, 3.8) is 0 Å². The lowest BCUT2D eigenvalue weighted by Gasteiger charge is -2.35. The molecule has 3 rings (SSSR count). The van der Waals surface area contributed by atoms with Gasteiger partial charge in [-0.15, -0.1) is 11.3 Å². The molecular formula is C18H27N5O2S. The number of amides is 1. The number of carbonyl (C=O) groups excluding carboxylic acids is 1. The number of hydrogen-bond donors (Lipinski definition) is 2. The minimum Gasteiger partial charge on any atom is -0.339 e. The maximum absolute atomic E-state index is 12.5. The highest BCUT2D eigenvalue weighted by atomic mass is 32.1. The van der Waals surface area contributed by atoms with Crippen LogP contribution in [0.25, 0.3) is 0 Å². The number of likely N-dealkylation sites (N-methyl/N-ethyl adjacent to an activating group) is 1. The average molecular weight is 378 g/mol. The van der Waals surface area contributed by atoms with Crippen LogP contribution in [0, 0.1) is 5.41 Å². The van der Waals surface area contributed by atoms with E-state index in [0.29, 0.717) is 29.9 Å². The maximum atomic E-state index is 12.5. The van der Waals surface area contributed by atoms with Crippen molar-refractivity contribution in [1.29, 1.82) is 0 Å². The van der Waals surface area contributed by atoms with E-state index in [1.807, 2.05) is 12.4 Å². The van der Waals surface area contributed by atoms with Crippen LogP contribution >= 0.6 is 11.3 Å². The van der Waals surface area contributed by atoms with Crippen LogP contribution in [-0.4, -0.2) is 34.1 Å². The summed E-state index contributed by atoms with van der Waals surface area (Å²) in [5, 5.41) is 12.7. The minimum absolute atomic E-state index is 0.0189. The van der Waals surface area contributed by atoms with Crippen LogP contribution in [0.1, 0.15) is 57.2 Å². The van der Waals surface area contributed by atoms with Gasteiger partial charge in [0.2, 0.25) is 11.8 Å². The van der Waals surface area contributed by atoms with Crippen LogP contribution in [-0.2, 0) is 17.6 Å². The van der Waals surface area contributed by atoms with Crippen molar-refractivity contribution in [3.8, 4) is 0 Å². The van der Waals surface area contributed by atoms with Crippen LogP contribution < -0.4 is 10.6 Å². The zero-order chi connectivity index (χ0) is 18.4. The Kier molecular flexibility index (Phi) is 6.37. The van der Waals surface area contributed by atoms with Gasteiger partial charge in [0.25, 0.3) is 0 Å². The third-order valence-corrected chi connectivity index (χ3v) is 5.83. The number of carbonyl (C=O) groups is 1. The number of anilines is 1. The van der Waals surface area contributed by atoms with Crippen molar-refractivity contribution < 1.29 is 9.32 Å². The summed E-state index contributed by atoms with van der Waals surface area (Å²) in [6, 6.07) is 0.299. The molecule has 26 heavy (non-hydrogen) atoms. The molecule has 7 nitrogen and oxygen atoms in total. The molecule has 1 aliphatic carbocycles. The fraction of sp³-hybridized carbons (Fsp3) is 0.667. The summed E-state index contributed by atoms with van der Waals surface area (Å²) < 4.78 is 5.49. The van der Waals surface area contributed by atoms with Gasteiger partial charge in [-0.3, -0.25) is 4.79 Å². The highest BCUT2D eigenvalue weighted by Gasteiger charge is 2.36. The molecule has 1 unspecified atom stereocenters. The summed E-state index contributed by atoms with van der Waals surface area (Å²) in [5.41, 5.74) is -0.0992. The fourth-order valence-corrected chi connectivity index (χ4v) is 4.19. The van der Waals surface area contributed by atoms with Gasteiger partial charge in [0, 0.05) is 36.9 Å². The topological polar surface area (TPSA) is 92.9 Å². The molecule has 0 bridgehead atoms. The van der Waals surface area contributed by atoms with Crippen LogP contribution in [0.3, 0.4) is 0 Å². The highest BCUT2D eigenvalue weighted by Crippen LogP contribution is 2.42. The summed E-state index contributed by atoms with van der Waals surface area (Å²) in [6.07, 6.45) is 9.11. The molecule has 8 heteroatoms. The molecule has 2 heterocycles. The Balaban J connectivity index is 1.66. The fourth-order valence-electron chi connectivity index (χ4n) is 3.65. The van der Waals surface area contributed by atoms with Crippen molar-refractivity contribution in [2.24, 2.45) is 5.41 Å². The Hall–Kier alpha value is -1.80. The third kappa shape index (κ3) is 5.11. The standard InChI is InChI=1S/C18H27N5O2S/c1-13(19-2)10-14-21-16(25-23-14)12-18(6-4-3-5-7-18)11-15(24)22-17-20-8-9-26-17/h8-9,13,19H,3-7,10-12H2,1-2H3,(H,20,22,24). The van der Waals surface area contributed by atoms with E-state index in [1.54, 1.807) is 6.20 Å². The molecule has 0 aliphatic heterocycles. The second-order valence-corrected chi connectivity index (χ2v) is 8.19. The van der Waals surface area contributed by atoms with Crippen LogP contribution in [0.4, 0.5) is 5.13 Å². The molecule has 142 valence electrons. The first-order chi connectivity index (χ1) is 12.6. The lowest BCUT2D eigenvalue weighted by molar-refractivity contribution is -0.119. The SMILES string of the molecule is CNC(C)Cc1noc(CC2(CC(=O)Nc3nccs3)CCCCC2)n1. The number of hydrogen-bond acceptors (Lipinski definition) is 7. The van der Waals surface area contributed by atoms with Gasteiger partial charge in [-0.1, -0.05) is 24.4 Å². The van der Waals surface area contributed by atoms with Gasteiger partial charge >= 0.3 is 0 Å². The van der Waals surface area contributed by atoms with Crippen molar-refractivity contribution in [1.82, 2.24) is 20.4 Å². The summed E-state index contributed by atoms with van der Waals surface area (Å²) in [4.78, 5) is 21.2. The molecule has 1 saturated carbocycles. The van der Waals surface area contributed by atoms with Crippen molar-refractivity contribution >= 4 is 22.4 Å². The molecule has 2 aromatic heterocycles. The Morgan fingerprint density at radius 3 is 2.88 bits per heavy atom. The van der Waals surface area contributed by atoms with Gasteiger partial charge in [0.1, 0.15) is 0 Å². The predicted octanol–water partition coefficient (Wildman–Crippen LogP) is 3.20. The van der Waals surface area contributed by atoms with Crippen molar-refractivity contribution in [2.75, 3.05) is 12.4 Å². The molecular weight excluding hydrogens is 350 g/mol. The summed E-state index contributed by atoms with van der Waals surface area (Å²) in [7, 11) is 1.92. The molecule has 0 aromatic carbocycles. The van der Waals surface area contributed by atoms with Crippen molar-refractivity contribution in [3.05, 3.63) is 23.3 Å². The number of rotatable bonds is 8. The van der Waals surface area contributed by atoms with Gasteiger partial charge in [0.05, 0.1) is 0 Å². The first-order valence-electron chi connectivity index (χ1n) is 9.27. The zero-order valence-electron chi connectivity index (χ0n) is 15.5. The molecule has 1 atom stereocenters. The van der Waals surface area contributed by atoms with Crippen LogP contribution in [0.15, 0.2) is 16.1 Å². The lowest BCUT2D eigenvalue weighted by atomic mass is 9.69. The molecule has 0 spiro atoms. The van der Waals surface area contributed by atoms with E-state index in [-0.39, 0.29) is 11.3 Å². The number of thiazole rings is 1. The average Bonchev–Trinajstić information content (AvgIpc) is 3.27. The number of nitrogens with one attached hydrogen (secondary N) is 2. The molecule has 1 aliphatic rings. The van der Waals surface area contributed by atoms with Gasteiger partial charge in [0.15, 0.2) is 11.0 Å². The smallest absolute Gasteiger partial charge is 0.227 e. The third-order valence-electron chi connectivity index (χ3n) is 5.15. The van der Waals surface area contributed by atoms with Gasteiger partial charge in [-0.2, -0.15) is 4.98 Å². The lowest BCUT2D eigenvalue weighted by Crippen LogP contribution is -2.32. The van der Waals surface area contributed by atoms with Crippen molar-refractivity contribution in [2.45, 2.75) is 64.3 Å². The Morgan fingerprint density at radius 2 is 2.19 bits per heavy atom. The predicted molar refractivity (Wildman–Crippen MR) is 101 cm³/mol. The minimum atomic E-state index is -0.0992. The van der Waals surface area contributed by atoms with E-state index >= 15 is 0 Å². The number of nitrogens with zero attached hydrogens (tertiary/aromatic N) is 3. The molecule has 1 amide bonds. The van der Waals surface area contributed by atoms with Gasteiger partial charge in [-0.25, -0.2) is 4.98 Å². The summed E-state index contributed by atoms with van der Waals surface area (Å²) >= 11 is 1.44. The van der Waals surface area contributed by atoms with Crippen LogP contribution in [0.2, 0.25) is 0 Å². The summed E-state index contributed by atoms with van der Waals surface area (Å²) in [6.45, 7) is 2.08. The largest absolute Gasteiger partial charge is 0.339 e. The maximum Gasteiger partial charge on any atom is 0.227 e. The zero-order valence-corrected chi connectivity index (χ0v) is 16.3. The van der Waals surface area contributed by atoms with E-state index in [1.165, 1.54) is 17.8 Å². The van der Waals surface area contributed by atoms with E-state index in [9.17, 15) is 4.79 Å². The first kappa shape index (κ1) is 19.0. The Labute approximate surface area is 158 Å². The molecule has 2 N–H and O–H groups in total. The van der Waals surface area contributed by atoms with Gasteiger partial charge in [-0.05, 0) is 32.2 Å². The van der Waals surface area contributed by atoms with Gasteiger partial charge < -0.3 is 15.2 Å². The quantitative estimate of drug-likeness (QED) is 0.734. The Morgan fingerprint density at radius 1 is 1.38 bits per heavy atom. The highest BCUT2D eigenvalue weighted by molar-refractivity contribution is 7.13. The Bertz CT molecular complexity index is 694. The second kappa shape index (κ2) is 8.73. The summed E-state index contributed by atoms with van der Waals surface area (Å²) in [5.74, 6) is 1.39. The van der Waals surface area contributed by atoms with E-state index in [4.69, 9.17) is 4.52 Å².